The zero-order valence-corrected chi connectivity index (χ0v) is 25.4. The van der Waals surface area contributed by atoms with E-state index < -0.39 is 22.0 Å². The molecule has 0 spiro atoms. The third-order valence-corrected chi connectivity index (χ3v) is 8.07. The fourth-order valence-corrected chi connectivity index (χ4v) is 5.60. The van der Waals surface area contributed by atoms with Gasteiger partial charge in [0.25, 0.3) is 0 Å². The Hall–Kier alpha value is -4.17. The van der Waals surface area contributed by atoms with Gasteiger partial charge in [0.15, 0.2) is 0 Å². The fraction of sp³-hybridized carbons (Fsp3) is 0.281. The van der Waals surface area contributed by atoms with Crippen LogP contribution in [0, 0.1) is 11.3 Å². The highest BCUT2D eigenvalue weighted by atomic mass is 35.5. The van der Waals surface area contributed by atoms with Crippen LogP contribution in [0.4, 0.5) is 4.79 Å². The quantitative estimate of drug-likeness (QED) is 0.192. The number of aromatic amines is 1. The Kier molecular flexibility index (Phi) is 11.3. The molecule has 0 radical (unpaired) electrons. The molecule has 0 saturated heterocycles. The summed E-state index contributed by atoms with van der Waals surface area (Å²) in [6, 6.07) is 25.4. The Morgan fingerprint density at radius 3 is 2.47 bits per heavy atom. The summed E-state index contributed by atoms with van der Waals surface area (Å²) in [5, 5.41) is 13.3. The molecule has 3 aromatic carbocycles. The second-order valence-electron chi connectivity index (χ2n) is 10.4. The Morgan fingerprint density at radius 2 is 1.81 bits per heavy atom. The van der Waals surface area contributed by atoms with E-state index in [0.29, 0.717) is 17.0 Å². The van der Waals surface area contributed by atoms with Crippen LogP contribution in [-0.2, 0) is 34.1 Å². The second-order valence-corrected chi connectivity index (χ2v) is 13.1. The number of aromatic nitrogens is 2. The SMILES string of the molecule is CS(=O)(=O)CCC(CN(Cc1cccc(Cl)c1)C(=O)OCc1ccccc1)N[C@@H](Cc1ccc(C#N)cc1)c1cnc[nH]1. The van der Waals surface area contributed by atoms with Crippen molar-refractivity contribution < 1.29 is 17.9 Å². The number of nitrogens with zero attached hydrogens (tertiary/aromatic N) is 3. The lowest BCUT2D eigenvalue weighted by Gasteiger charge is -2.31. The minimum atomic E-state index is -3.29. The molecule has 43 heavy (non-hydrogen) atoms. The van der Waals surface area contributed by atoms with Gasteiger partial charge in [-0.15, -0.1) is 0 Å². The van der Waals surface area contributed by atoms with Crippen LogP contribution >= 0.6 is 11.6 Å². The first-order chi connectivity index (χ1) is 20.7. The van der Waals surface area contributed by atoms with Gasteiger partial charge in [0.2, 0.25) is 0 Å². The molecule has 0 aliphatic rings. The van der Waals surface area contributed by atoms with Gasteiger partial charge in [0, 0.05) is 36.6 Å². The molecule has 0 fully saturated rings. The summed E-state index contributed by atoms with van der Waals surface area (Å²) in [5.74, 6) is -0.0682. The number of carbonyl (C=O) groups is 1. The molecule has 0 aliphatic heterocycles. The standard InChI is InChI=1S/C32H34ClN5O4S/c1-43(40,41)15-14-29(37-30(31-19-35-23-36-31)17-24-10-12-25(18-34)13-11-24)21-38(20-27-8-5-9-28(33)16-27)32(39)42-22-26-6-3-2-4-7-26/h2-13,16,19,23,29-30,37H,14-15,17,20-22H2,1H3,(H,35,36)/t29?,30-/m0/s1. The number of carbonyl (C=O) groups excluding carboxylic acids is 1. The molecule has 11 heteroatoms. The lowest BCUT2D eigenvalue weighted by molar-refractivity contribution is 0.0887. The Balaban J connectivity index is 1.59. The van der Waals surface area contributed by atoms with Crippen LogP contribution in [0.3, 0.4) is 0 Å². The third-order valence-electron chi connectivity index (χ3n) is 6.86. The minimum absolute atomic E-state index is 0.0682. The number of hydrogen-bond donors (Lipinski definition) is 2. The number of amides is 1. The van der Waals surface area contributed by atoms with Crippen LogP contribution in [0.15, 0.2) is 91.4 Å². The number of rotatable bonds is 14. The molecular weight excluding hydrogens is 586 g/mol. The van der Waals surface area contributed by atoms with E-state index >= 15 is 0 Å². The van der Waals surface area contributed by atoms with Gasteiger partial charge in [-0.25, -0.2) is 18.2 Å². The van der Waals surface area contributed by atoms with Crippen LogP contribution in [0.5, 0.6) is 0 Å². The van der Waals surface area contributed by atoms with Gasteiger partial charge < -0.3 is 19.9 Å². The second kappa shape index (κ2) is 15.3. The lowest BCUT2D eigenvalue weighted by Crippen LogP contribution is -2.46. The summed E-state index contributed by atoms with van der Waals surface area (Å²) in [4.78, 5) is 22.4. The first-order valence-electron chi connectivity index (χ1n) is 13.8. The highest BCUT2D eigenvalue weighted by Gasteiger charge is 2.26. The van der Waals surface area contributed by atoms with Crippen molar-refractivity contribution in [3.8, 4) is 6.07 Å². The number of nitriles is 1. The van der Waals surface area contributed by atoms with E-state index in [2.05, 4.69) is 21.4 Å². The molecule has 9 nitrogen and oxygen atoms in total. The average Bonchev–Trinajstić information content (AvgIpc) is 3.54. The van der Waals surface area contributed by atoms with Crippen LogP contribution in [0.2, 0.25) is 5.02 Å². The monoisotopic (exact) mass is 619 g/mol. The molecule has 2 N–H and O–H groups in total. The summed E-state index contributed by atoms with van der Waals surface area (Å²) in [6.45, 7) is 0.492. The predicted molar refractivity (Wildman–Crippen MR) is 166 cm³/mol. The maximum absolute atomic E-state index is 13.5. The summed E-state index contributed by atoms with van der Waals surface area (Å²) < 4.78 is 30.1. The van der Waals surface area contributed by atoms with Gasteiger partial charge in [-0.2, -0.15) is 5.26 Å². The molecule has 1 unspecified atom stereocenters. The van der Waals surface area contributed by atoms with Gasteiger partial charge in [-0.1, -0.05) is 66.2 Å². The van der Waals surface area contributed by atoms with Crippen molar-refractivity contribution >= 4 is 27.5 Å². The largest absolute Gasteiger partial charge is 0.445 e. The van der Waals surface area contributed by atoms with Crippen molar-refractivity contribution in [2.75, 3.05) is 18.6 Å². The van der Waals surface area contributed by atoms with E-state index in [1.165, 1.54) is 6.26 Å². The number of hydrogen-bond acceptors (Lipinski definition) is 7. The molecule has 4 rings (SSSR count). The van der Waals surface area contributed by atoms with Crippen molar-refractivity contribution in [2.24, 2.45) is 0 Å². The fourth-order valence-electron chi connectivity index (χ4n) is 4.67. The number of halogens is 1. The van der Waals surface area contributed by atoms with E-state index in [9.17, 15) is 18.5 Å². The van der Waals surface area contributed by atoms with Gasteiger partial charge in [0.05, 0.1) is 35.4 Å². The molecule has 0 bridgehead atoms. The third kappa shape index (κ3) is 10.6. The first kappa shape index (κ1) is 31.8. The molecule has 1 aromatic heterocycles. The lowest BCUT2D eigenvalue weighted by atomic mass is 10.0. The molecule has 2 atom stereocenters. The van der Waals surface area contributed by atoms with Crippen LogP contribution in [0.1, 0.15) is 40.4 Å². The topological polar surface area (TPSA) is 128 Å². The Labute approximate surface area is 257 Å². The summed E-state index contributed by atoms with van der Waals surface area (Å²) in [6.07, 6.45) is 4.77. The summed E-state index contributed by atoms with van der Waals surface area (Å²) in [7, 11) is -3.29. The number of sulfone groups is 1. The maximum Gasteiger partial charge on any atom is 0.410 e. The molecule has 4 aromatic rings. The van der Waals surface area contributed by atoms with Crippen molar-refractivity contribution in [3.63, 3.8) is 0 Å². The number of H-pyrrole nitrogens is 1. The Bertz CT molecular complexity index is 1610. The molecule has 224 valence electrons. The van der Waals surface area contributed by atoms with E-state index in [1.807, 2.05) is 54.6 Å². The smallest absolute Gasteiger partial charge is 0.410 e. The van der Waals surface area contributed by atoms with Crippen molar-refractivity contribution in [2.45, 2.75) is 38.1 Å². The molecular formula is C32H34ClN5O4S. The maximum atomic E-state index is 13.5. The zero-order valence-electron chi connectivity index (χ0n) is 23.8. The average molecular weight is 620 g/mol. The van der Waals surface area contributed by atoms with Gasteiger partial charge in [0.1, 0.15) is 16.4 Å². The van der Waals surface area contributed by atoms with Crippen molar-refractivity contribution in [3.05, 3.63) is 124 Å². The highest BCUT2D eigenvalue weighted by Crippen LogP contribution is 2.20. The molecule has 0 aliphatic carbocycles. The number of ether oxygens (including phenoxy) is 1. The molecule has 1 heterocycles. The van der Waals surface area contributed by atoms with Crippen LogP contribution in [0.25, 0.3) is 0 Å². The Morgan fingerprint density at radius 1 is 1.07 bits per heavy atom. The minimum Gasteiger partial charge on any atom is -0.445 e. The van der Waals surface area contributed by atoms with Gasteiger partial charge >= 0.3 is 6.09 Å². The molecule has 1 amide bonds. The molecule has 0 saturated carbocycles. The predicted octanol–water partition coefficient (Wildman–Crippen LogP) is 5.45. The first-order valence-corrected chi connectivity index (χ1v) is 16.2. The number of benzene rings is 3. The zero-order chi connectivity index (χ0) is 30.7. The summed E-state index contributed by atoms with van der Waals surface area (Å²) >= 11 is 6.24. The number of nitrogens with one attached hydrogen (secondary N) is 2. The highest BCUT2D eigenvalue weighted by molar-refractivity contribution is 7.90. The number of imidazole rings is 1. The van der Waals surface area contributed by atoms with Gasteiger partial charge in [-0.3, -0.25) is 0 Å². The normalized spacial score (nSPS) is 12.7. The van der Waals surface area contributed by atoms with Crippen molar-refractivity contribution in [1.82, 2.24) is 20.2 Å². The van der Waals surface area contributed by atoms with E-state index in [4.69, 9.17) is 16.3 Å². The van der Waals surface area contributed by atoms with Crippen LogP contribution in [-0.4, -0.2) is 54.0 Å². The summed E-state index contributed by atoms with van der Waals surface area (Å²) in [5.41, 5.74) is 4.01. The van der Waals surface area contributed by atoms with E-state index in [0.717, 1.165) is 22.4 Å². The van der Waals surface area contributed by atoms with Crippen molar-refractivity contribution in [1.29, 1.82) is 5.26 Å². The van der Waals surface area contributed by atoms with E-state index in [1.54, 1.807) is 41.7 Å². The van der Waals surface area contributed by atoms with Gasteiger partial charge in [-0.05, 0) is 53.8 Å². The van der Waals surface area contributed by atoms with E-state index in [-0.39, 0.29) is 37.9 Å². The van der Waals surface area contributed by atoms with Crippen LogP contribution < -0.4 is 5.32 Å².